The Balaban J connectivity index is 1.85. The third-order valence-corrected chi connectivity index (χ3v) is 3.99. The van der Waals surface area contributed by atoms with Gasteiger partial charge in [0, 0.05) is 23.2 Å². The maximum Gasteiger partial charge on any atom is 0.153 e. The average Bonchev–Trinajstić information content (AvgIpc) is 3.06. The van der Waals surface area contributed by atoms with Gasteiger partial charge in [0.05, 0.1) is 24.4 Å². The Morgan fingerprint density at radius 3 is 3.10 bits per heavy atom. The van der Waals surface area contributed by atoms with E-state index >= 15 is 0 Å². The van der Waals surface area contributed by atoms with E-state index in [0.717, 1.165) is 35.0 Å². The molecule has 0 spiro atoms. The Morgan fingerprint density at radius 2 is 2.40 bits per heavy atom. The van der Waals surface area contributed by atoms with Crippen LogP contribution in [0.3, 0.4) is 0 Å². The van der Waals surface area contributed by atoms with E-state index in [1.807, 2.05) is 29.1 Å². The summed E-state index contributed by atoms with van der Waals surface area (Å²) in [4.78, 5) is 11.2. The van der Waals surface area contributed by atoms with Crippen LogP contribution in [-0.4, -0.2) is 29.3 Å². The second-order valence-electron chi connectivity index (χ2n) is 4.98. The quantitative estimate of drug-likeness (QED) is 0.807. The molecule has 4 nitrogen and oxygen atoms in total. The summed E-state index contributed by atoms with van der Waals surface area (Å²) in [6.07, 6.45) is 3.65. The summed E-state index contributed by atoms with van der Waals surface area (Å²) < 4.78 is 8.26. The minimum Gasteiger partial charge on any atom is -0.381 e. The fraction of sp³-hybridized carbons (Fsp3) is 0.333. The molecular weight excluding hydrogens is 320 g/mol. The van der Waals surface area contributed by atoms with Crippen molar-refractivity contribution < 1.29 is 9.53 Å². The van der Waals surface area contributed by atoms with E-state index in [2.05, 4.69) is 27.1 Å². The number of hydrogen-bond donors (Lipinski definition) is 0. The summed E-state index contributed by atoms with van der Waals surface area (Å²) in [6, 6.07) is 8.09. The third kappa shape index (κ3) is 2.83. The van der Waals surface area contributed by atoms with Crippen molar-refractivity contribution in [2.24, 2.45) is 0 Å². The molecule has 1 unspecified atom stereocenters. The maximum atomic E-state index is 11.2. The number of rotatable bonds is 4. The summed E-state index contributed by atoms with van der Waals surface area (Å²) in [5.41, 5.74) is 2.69. The molecule has 0 N–H and O–H groups in total. The number of aldehydes is 1. The van der Waals surface area contributed by atoms with E-state index in [4.69, 9.17) is 4.74 Å². The zero-order chi connectivity index (χ0) is 13.9. The van der Waals surface area contributed by atoms with Gasteiger partial charge in [-0.05, 0) is 24.1 Å². The molecule has 0 radical (unpaired) electrons. The molecule has 1 aromatic carbocycles. The largest absolute Gasteiger partial charge is 0.381 e. The smallest absolute Gasteiger partial charge is 0.153 e. The lowest BCUT2D eigenvalue weighted by Crippen LogP contribution is -2.04. The van der Waals surface area contributed by atoms with Gasteiger partial charge in [-0.1, -0.05) is 28.1 Å². The van der Waals surface area contributed by atoms with Crippen LogP contribution < -0.4 is 0 Å². The molecule has 1 fully saturated rings. The fourth-order valence-corrected chi connectivity index (χ4v) is 2.96. The highest BCUT2D eigenvalue weighted by Crippen LogP contribution is 2.26. The second kappa shape index (κ2) is 5.89. The second-order valence-corrected chi connectivity index (χ2v) is 5.89. The van der Waals surface area contributed by atoms with Gasteiger partial charge in [-0.15, -0.1) is 0 Å². The van der Waals surface area contributed by atoms with Crippen LogP contribution in [0.15, 0.2) is 34.9 Å². The molecular formula is C15H15BrN2O2. The molecule has 0 amide bonds. The zero-order valence-electron chi connectivity index (χ0n) is 11.0. The molecule has 1 saturated heterocycles. The van der Waals surface area contributed by atoms with Crippen molar-refractivity contribution in [1.29, 1.82) is 0 Å². The molecule has 2 heterocycles. The van der Waals surface area contributed by atoms with Crippen molar-refractivity contribution in [3.8, 4) is 0 Å². The van der Waals surface area contributed by atoms with Gasteiger partial charge in [-0.2, -0.15) is 5.10 Å². The van der Waals surface area contributed by atoms with E-state index in [0.29, 0.717) is 18.7 Å². The Morgan fingerprint density at radius 1 is 1.50 bits per heavy atom. The van der Waals surface area contributed by atoms with Gasteiger partial charge in [0.15, 0.2) is 6.29 Å². The lowest BCUT2D eigenvalue weighted by Gasteiger charge is -2.05. The maximum absolute atomic E-state index is 11.2. The molecule has 20 heavy (non-hydrogen) atoms. The minimum absolute atomic E-state index is 0.249. The number of aromatic nitrogens is 2. The van der Waals surface area contributed by atoms with Gasteiger partial charge in [0.2, 0.25) is 0 Å². The molecule has 0 bridgehead atoms. The third-order valence-electron chi connectivity index (χ3n) is 3.50. The van der Waals surface area contributed by atoms with Crippen LogP contribution in [0.1, 0.15) is 34.0 Å². The number of carbonyl (C=O) groups is 1. The van der Waals surface area contributed by atoms with Crippen LogP contribution in [0.4, 0.5) is 0 Å². The molecule has 2 aromatic rings. The van der Waals surface area contributed by atoms with E-state index in [9.17, 15) is 4.79 Å². The average molecular weight is 335 g/mol. The molecule has 104 valence electrons. The standard InChI is InChI=1S/C15H15BrN2O2/c16-14-3-1-2-11(6-14)7-18-8-13(9-19)15(17-18)12-4-5-20-10-12/h1-3,6,8-9,12H,4-5,7,10H2. The van der Waals surface area contributed by atoms with Crippen LogP contribution in [0.5, 0.6) is 0 Å². The van der Waals surface area contributed by atoms with Crippen LogP contribution in [0.2, 0.25) is 0 Å². The first-order valence-corrected chi connectivity index (χ1v) is 7.40. The van der Waals surface area contributed by atoms with Crippen molar-refractivity contribution >= 4 is 22.2 Å². The summed E-state index contributed by atoms with van der Waals surface area (Å²) in [7, 11) is 0. The molecule has 1 atom stereocenters. The van der Waals surface area contributed by atoms with Gasteiger partial charge >= 0.3 is 0 Å². The van der Waals surface area contributed by atoms with E-state index in [1.54, 1.807) is 0 Å². The van der Waals surface area contributed by atoms with Gasteiger partial charge in [0.25, 0.3) is 0 Å². The van der Waals surface area contributed by atoms with E-state index in [-0.39, 0.29) is 5.92 Å². The van der Waals surface area contributed by atoms with E-state index < -0.39 is 0 Å². The number of carbonyl (C=O) groups excluding carboxylic acids is 1. The predicted molar refractivity (Wildman–Crippen MR) is 79.0 cm³/mol. The molecule has 1 aromatic heterocycles. The van der Waals surface area contributed by atoms with Crippen LogP contribution in [0.25, 0.3) is 0 Å². The van der Waals surface area contributed by atoms with Gasteiger partial charge < -0.3 is 4.74 Å². The Hall–Kier alpha value is -1.46. The van der Waals surface area contributed by atoms with Crippen molar-refractivity contribution in [2.45, 2.75) is 18.9 Å². The number of halogens is 1. The SMILES string of the molecule is O=Cc1cn(Cc2cccc(Br)c2)nc1C1CCOC1. The molecule has 5 heteroatoms. The van der Waals surface area contributed by atoms with E-state index in [1.165, 1.54) is 0 Å². The molecule has 3 rings (SSSR count). The van der Waals surface area contributed by atoms with Gasteiger partial charge in [0.1, 0.15) is 0 Å². The first-order chi connectivity index (χ1) is 9.76. The Bertz CT molecular complexity index is 618. The highest BCUT2D eigenvalue weighted by Gasteiger charge is 2.23. The molecule has 1 aliphatic rings. The molecule has 0 aliphatic carbocycles. The highest BCUT2D eigenvalue weighted by atomic mass is 79.9. The number of nitrogens with zero attached hydrogens (tertiary/aromatic N) is 2. The number of hydrogen-bond acceptors (Lipinski definition) is 3. The molecule has 1 aliphatic heterocycles. The lowest BCUT2D eigenvalue weighted by molar-refractivity contribution is 0.112. The minimum atomic E-state index is 0.249. The van der Waals surface area contributed by atoms with Crippen molar-refractivity contribution in [3.63, 3.8) is 0 Å². The summed E-state index contributed by atoms with van der Waals surface area (Å²) >= 11 is 3.46. The number of ether oxygens (including phenoxy) is 1. The van der Waals surface area contributed by atoms with Crippen LogP contribution in [0, 0.1) is 0 Å². The summed E-state index contributed by atoms with van der Waals surface area (Å²) in [6.45, 7) is 2.07. The van der Waals surface area contributed by atoms with Crippen LogP contribution in [-0.2, 0) is 11.3 Å². The van der Waals surface area contributed by atoms with Crippen molar-refractivity contribution in [1.82, 2.24) is 9.78 Å². The Labute approximate surface area is 125 Å². The van der Waals surface area contributed by atoms with Gasteiger partial charge in [-0.25, -0.2) is 0 Å². The van der Waals surface area contributed by atoms with Crippen molar-refractivity contribution in [2.75, 3.05) is 13.2 Å². The summed E-state index contributed by atoms with van der Waals surface area (Å²) in [5, 5.41) is 4.58. The number of benzene rings is 1. The zero-order valence-corrected chi connectivity index (χ0v) is 12.5. The summed E-state index contributed by atoms with van der Waals surface area (Å²) in [5.74, 6) is 0.249. The topological polar surface area (TPSA) is 44.1 Å². The fourth-order valence-electron chi connectivity index (χ4n) is 2.51. The molecule has 0 saturated carbocycles. The van der Waals surface area contributed by atoms with Gasteiger partial charge in [-0.3, -0.25) is 9.48 Å². The van der Waals surface area contributed by atoms with Crippen molar-refractivity contribution in [3.05, 3.63) is 51.8 Å². The lowest BCUT2D eigenvalue weighted by atomic mass is 10.0. The first kappa shape index (κ1) is 13.5. The Kier molecular flexibility index (Phi) is 3.98. The highest BCUT2D eigenvalue weighted by molar-refractivity contribution is 9.10. The monoisotopic (exact) mass is 334 g/mol. The predicted octanol–water partition coefficient (Wildman–Crippen LogP) is 3.01. The normalized spacial score (nSPS) is 18.4. The van der Waals surface area contributed by atoms with Crippen LogP contribution >= 0.6 is 15.9 Å². The first-order valence-electron chi connectivity index (χ1n) is 6.61.